The lowest BCUT2D eigenvalue weighted by Crippen LogP contribution is -2.58. The molecule has 0 radical (unpaired) electrons. The normalized spacial score (nSPS) is 13.8. The van der Waals surface area contributed by atoms with Gasteiger partial charge in [0.15, 0.2) is 0 Å². The van der Waals surface area contributed by atoms with Crippen molar-refractivity contribution in [1.29, 1.82) is 0 Å². The third-order valence-electron chi connectivity index (χ3n) is 5.77. The highest BCUT2D eigenvalue weighted by Crippen LogP contribution is 2.19. The SMILES string of the molecule is NC(=O)CCC(NC(=O)C(Cc1c[nH]c2ccccc12)NC(=O)C(CC(=O)O)NC(=O)C(N)CC(=O)O)C(=O)O. The minimum Gasteiger partial charge on any atom is -0.481 e. The maximum Gasteiger partial charge on any atom is 0.326 e. The molecule has 0 bridgehead atoms. The molecule has 16 heteroatoms. The zero-order valence-corrected chi connectivity index (χ0v) is 21.1. The predicted molar refractivity (Wildman–Crippen MR) is 136 cm³/mol. The van der Waals surface area contributed by atoms with Crippen molar-refractivity contribution in [1.82, 2.24) is 20.9 Å². The van der Waals surface area contributed by atoms with Crippen molar-refractivity contribution in [2.24, 2.45) is 11.5 Å². The summed E-state index contributed by atoms with van der Waals surface area (Å²) in [5, 5.41) is 34.9. The van der Waals surface area contributed by atoms with Gasteiger partial charge in [-0.1, -0.05) is 18.2 Å². The Bertz CT molecular complexity index is 1290. The monoisotopic (exact) mass is 562 g/mol. The van der Waals surface area contributed by atoms with Crippen molar-refractivity contribution in [3.63, 3.8) is 0 Å². The Morgan fingerprint density at radius 3 is 1.98 bits per heavy atom. The topological polar surface area (TPSA) is 284 Å². The lowest BCUT2D eigenvalue weighted by molar-refractivity contribution is -0.143. The predicted octanol–water partition coefficient (Wildman–Crippen LogP) is -2.21. The number of para-hydroxylation sites is 1. The van der Waals surface area contributed by atoms with Crippen molar-refractivity contribution in [3.05, 3.63) is 36.0 Å². The van der Waals surface area contributed by atoms with Gasteiger partial charge in [0.25, 0.3) is 0 Å². The summed E-state index contributed by atoms with van der Waals surface area (Å²) in [6.45, 7) is 0. The highest BCUT2D eigenvalue weighted by Gasteiger charge is 2.32. The number of carboxylic acids is 3. The van der Waals surface area contributed by atoms with Crippen LogP contribution in [0.25, 0.3) is 10.9 Å². The minimum absolute atomic E-state index is 0.185. The first-order valence-electron chi connectivity index (χ1n) is 11.9. The average Bonchev–Trinajstić information content (AvgIpc) is 3.27. The second kappa shape index (κ2) is 14.2. The van der Waals surface area contributed by atoms with Crippen molar-refractivity contribution >= 4 is 52.4 Å². The Balaban J connectivity index is 2.33. The fourth-order valence-corrected chi connectivity index (χ4v) is 3.76. The van der Waals surface area contributed by atoms with Gasteiger partial charge in [0, 0.05) is 29.9 Å². The van der Waals surface area contributed by atoms with Crippen LogP contribution in [0.4, 0.5) is 0 Å². The summed E-state index contributed by atoms with van der Waals surface area (Å²) in [4.78, 5) is 86.5. The fraction of sp³-hybridized carbons (Fsp3) is 0.375. The molecule has 1 aromatic heterocycles. The van der Waals surface area contributed by atoms with Crippen molar-refractivity contribution in [2.45, 2.75) is 56.3 Å². The molecule has 4 amide bonds. The van der Waals surface area contributed by atoms with Gasteiger partial charge in [-0.2, -0.15) is 0 Å². The van der Waals surface area contributed by atoms with E-state index >= 15 is 0 Å². The van der Waals surface area contributed by atoms with E-state index in [9.17, 15) is 43.8 Å². The van der Waals surface area contributed by atoms with Crippen molar-refractivity contribution in [2.75, 3.05) is 0 Å². The van der Waals surface area contributed by atoms with Gasteiger partial charge in [-0.3, -0.25) is 28.8 Å². The van der Waals surface area contributed by atoms with Gasteiger partial charge >= 0.3 is 17.9 Å². The number of hydrogen-bond donors (Lipinski definition) is 9. The quantitative estimate of drug-likeness (QED) is 0.106. The maximum absolute atomic E-state index is 13.2. The zero-order chi connectivity index (χ0) is 30.0. The van der Waals surface area contributed by atoms with E-state index in [0.29, 0.717) is 16.5 Å². The molecule has 4 unspecified atom stereocenters. The number of rotatable bonds is 16. The van der Waals surface area contributed by atoms with Crippen LogP contribution in [0.2, 0.25) is 0 Å². The minimum atomic E-state index is -1.76. The van der Waals surface area contributed by atoms with Gasteiger partial charge in [-0.15, -0.1) is 0 Å². The molecule has 1 aromatic carbocycles. The van der Waals surface area contributed by atoms with Crippen LogP contribution in [0.3, 0.4) is 0 Å². The molecule has 0 spiro atoms. The molecule has 0 saturated heterocycles. The number of aromatic nitrogens is 1. The van der Waals surface area contributed by atoms with Gasteiger partial charge in [-0.25, -0.2) is 4.79 Å². The fourth-order valence-electron chi connectivity index (χ4n) is 3.76. The molecule has 2 aromatic rings. The Morgan fingerprint density at radius 2 is 1.38 bits per heavy atom. The number of aromatic amines is 1. The molecule has 16 nitrogen and oxygen atoms in total. The third kappa shape index (κ3) is 9.39. The van der Waals surface area contributed by atoms with E-state index in [2.05, 4.69) is 20.9 Å². The Kier molecular flexibility index (Phi) is 11.1. The number of carbonyl (C=O) groups is 7. The molecule has 0 aliphatic rings. The van der Waals surface area contributed by atoms with E-state index < -0.39 is 78.5 Å². The Morgan fingerprint density at radius 1 is 0.800 bits per heavy atom. The van der Waals surface area contributed by atoms with Crippen LogP contribution in [0.15, 0.2) is 30.5 Å². The molecule has 0 fully saturated rings. The molecular formula is C24H30N6O10. The summed E-state index contributed by atoms with van der Waals surface area (Å²) in [7, 11) is 0. The number of carbonyl (C=O) groups excluding carboxylic acids is 4. The molecule has 4 atom stereocenters. The number of aliphatic carboxylic acids is 3. The van der Waals surface area contributed by atoms with Gasteiger partial charge in [0.1, 0.15) is 18.1 Å². The molecule has 11 N–H and O–H groups in total. The summed E-state index contributed by atoms with van der Waals surface area (Å²) in [6, 6.07) is 0.642. The number of benzene rings is 1. The number of amides is 4. The number of nitrogens with two attached hydrogens (primary N) is 2. The van der Waals surface area contributed by atoms with E-state index in [4.69, 9.17) is 16.6 Å². The summed E-state index contributed by atoms with van der Waals surface area (Å²) in [5.74, 6) is -8.36. The highest BCUT2D eigenvalue weighted by molar-refractivity contribution is 5.96. The number of hydrogen-bond acceptors (Lipinski definition) is 8. The third-order valence-corrected chi connectivity index (χ3v) is 5.77. The molecule has 40 heavy (non-hydrogen) atoms. The van der Waals surface area contributed by atoms with E-state index in [-0.39, 0.29) is 19.3 Å². The molecule has 216 valence electrons. The number of primary amides is 1. The van der Waals surface area contributed by atoms with Crippen LogP contribution in [0, 0.1) is 0 Å². The van der Waals surface area contributed by atoms with Crippen LogP contribution in [-0.4, -0.2) is 86.0 Å². The van der Waals surface area contributed by atoms with Crippen LogP contribution in [0.1, 0.15) is 31.2 Å². The highest BCUT2D eigenvalue weighted by atomic mass is 16.4. The molecule has 1 heterocycles. The Labute approximate surface area is 226 Å². The number of carboxylic acid groups (broad SMARTS) is 3. The smallest absolute Gasteiger partial charge is 0.326 e. The first-order valence-corrected chi connectivity index (χ1v) is 11.9. The molecule has 2 rings (SSSR count). The molecular weight excluding hydrogens is 532 g/mol. The van der Waals surface area contributed by atoms with Gasteiger partial charge in [-0.05, 0) is 18.1 Å². The number of fused-ring (bicyclic) bond motifs is 1. The van der Waals surface area contributed by atoms with Crippen LogP contribution < -0.4 is 27.4 Å². The average molecular weight is 563 g/mol. The van der Waals surface area contributed by atoms with Crippen molar-refractivity contribution < 1.29 is 48.9 Å². The van der Waals surface area contributed by atoms with Crippen molar-refractivity contribution in [3.8, 4) is 0 Å². The van der Waals surface area contributed by atoms with Crippen LogP contribution >= 0.6 is 0 Å². The summed E-state index contributed by atoms with van der Waals surface area (Å²) < 4.78 is 0. The maximum atomic E-state index is 13.2. The van der Waals surface area contributed by atoms with Crippen LogP contribution in [-0.2, 0) is 40.0 Å². The first kappa shape index (κ1) is 31.2. The second-order valence-electron chi connectivity index (χ2n) is 8.89. The second-order valence-corrected chi connectivity index (χ2v) is 8.89. The molecule has 0 saturated carbocycles. The number of nitrogens with one attached hydrogen (secondary N) is 4. The van der Waals surface area contributed by atoms with E-state index in [1.807, 2.05) is 0 Å². The summed E-state index contributed by atoms with van der Waals surface area (Å²) >= 11 is 0. The molecule has 0 aliphatic carbocycles. The van der Waals surface area contributed by atoms with Gasteiger partial charge < -0.3 is 47.7 Å². The van der Waals surface area contributed by atoms with E-state index in [1.54, 1.807) is 30.5 Å². The van der Waals surface area contributed by atoms with Gasteiger partial charge in [0.2, 0.25) is 23.6 Å². The van der Waals surface area contributed by atoms with E-state index in [1.165, 1.54) is 0 Å². The summed E-state index contributed by atoms with van der Waals surface area (Å²) in [5.41, 5.74) is 11.8. The first-order chi connectivity index (χ1) is 18.8. The molecule has 0 aliphatic heterocycles. The summed E-state index contributed by atoms with van der Waals surface area (Å²) in [6.07, 6.45) is -1.02. The van der Waals surface area contributed by atoms with E-state index in [0.717, 1.165) is 0 Å². The lowest BCUT2D eigenvalue weighted by Gasteiger charge is -2.24. The largest absolute Gasteiger partial charge is 0.481 e. The number of H-pyrrole nitrogens is 1. The standard InChI is InChI=1S/C24H30N6O10/c25-13(8-19(32)33)21(36)29-17(9-20(34)35)23(38)30-16(7-11-10-27-14-4-2-1-3-12(11)14)22(37)28-15(24(39)40)5-6-18(26)31/h1-4,10,13,15-17,27H,5-9,25H2,(H2,26,31)(H,28,37)(H,29,36)(H,30,38)(H,32,33)(H,34,35)(H,39,40). The Hall–Kier alpha value is -4.99. The van der Waals surface area contributed by atoms with Crippen LogP contribution in [0.5, 0.6) is 0 Å². The lowest BCUT2D eigenvalue weighted by atomic mass is 10.0. The zero-order valence-electron chi connectivity index (χ0n) is 21.1. The van der Waals surface area contributed by atoms with Gasteiger partial charge in [0.05, 0.1) is 18.9 Å².